The third kappa shape index (κ3) is 3.44. The molecule has 0 radical (unpaired) electrons. The first kappa shape index (κ1) is 10.5. The predicted molar refractivity (Wildman–Crippen MR) is 51.8 cm³/mol. The Morgan fingerprint density at radius 3 is 3.00 bits per heavy atom. The molecule has 0 spiro atoms. The van der Waals surface area contributed by atoms with E-state index in [4.69, 9.17) is 10.00 Å². The molecule has 2 nitrogen and oxygen atoms in total. The molecule has 1 unspecified atom stereocenters. The summed E-state index contributed by atoms with van der Waals surface area (Å²) in [6.45, 7) is 1.50. The molecule has 0 saturated heterocycles. The van der Waals surface area contributed by atoms with Crippen LogP contribution >= 0.6 is 0 Å². The van der Waals surface area contributed by atoms with E-state index in [0.717, 1.165) is 5.56 Å². The third-order valence-electron chi connectivity index (χ3n) is 1.66. The summed E-state index contributed by atoms with van der Waals surface area (Å²) in [6, 6.07) is 9.19. The maximum absolute atomic E-state index is 12.5. The van der Waals surface area contributed by atoms with E-state index >= 15 is 0 Å². The Kier molecular flexibility index (Phi) is 3.93. The molecule has 1 aromatic rings. The number of halogens is 1. The van der Waals surface area contributed by atoms with Crippen LogP contribution in [0.2, 0.25) is 0 Å². The first-order valence-corrected chi connectivity index (χ1v) is 4.45. The monoisotopic (exact) mass is 193 g/mol. The Morgan fingerprint density at radius 1 is 1.57 bits per heavy atom. The molecule has 1 rings (SSSR count). The van der Waals surface area contributed by atoms with Crippen molar-refractivity contribution in [3.8, 4) is 11.8 Å². The first-order valence-electron chi connectivity index (χ1n) is 4.45. The van der Waals surface area contributed by atoms with Gasteiger partial charge in [0.1, 0.15) is 18.5 Å². The Bertz CT molecular complexity index is 330. The summed E-state index contributed by atoms with van der Waals surface area (Å²) >= 11 is 0. The minimum Gasteiger partial charge on any atom is -0.491 e. The van der Waals surface area contributed by atoms with Gasteiger partial charge in [0.25, 0.3) is 0 Å². The highest BCUT2D eigenvalue weighted by Crippen LogP contribution is 2.14. The lowest BCUT2D eigenvalue weighted by atomic mass is 10.1. The molecule has 0 saturated carbocycles. The predicted octanol–water partition coefficient (Wildman–Crippen LogP) is 2.49. The van der Waals surface area contributed by atoms with Crippen molar-refractivity contribution in [3.63, 3.8) is 0 Å². The topological polar surface area (TPSA) is 33.0 Å². The number of rotatable bonds is 4. The van der Waals surface area contributed by atoms with Crippen LogP contribution in [0.4, 0.5) is 4.39 Å². The number of hydrogen-bond acceptors (Lipinski definition) is 2. The number of ether oxygens (including phenoxy) is 1. The van der Waals surface area contributed by atoms with Gasteiger partial charge in [-0.15, -0.1) is 0 Å². The highest BCUT2D eigenvalue weighted by molar-refractivity contribution is 5.30. The number of nitrogens with zero attached hydrogens (tertiary/aromatic N) is 1. The lowest BCUT2D eigenvalue weighted by Crippen LogP contribution is -2.08. The summed E-state index contributed by atoms with van der Waals surface area (Å²) in [5.74, 6) is 0.613. The van der Waals surface area contributed by atoms with Gasteiger partial charge in [0, 0.05) is 0 Å². The summed E-state index contributed by atoms with van der Waals surface area (Å²) < 4.78 is 17.6. The van der Waals surface area contributed by atoms with Crippen LogP contribution in [0.1, 0.15) is 12.5 Å². The van der Waals surface area contributed by atoms with Crippen LogP contribution in [-0.2, 0) is 6.42 Å². The smallest absolute Gasteiger partial charge is 0.131 e. The second-order valence-electron chi connectivity index (χ2n) is 3.07. The molecule has 1 aromatic carbocycles. The molecule has 0 aliphatic heterocycles. The van der Waals surface area contributed by atoms with Crippen LogP contribution in [0.3, 0.4) is 0 Å². The molecule has 0 fully saturated rings. The summed E-state index contributed by atoms with van der Waals surface area (Å²) in [5, 5.41) is 8.48. The molecule has 3 heteroatoms. The van der Waals surface area contributed by atoms with E-state index in [-0.39, 0.29) is 6.61 Å². The molecule has 74 valence electrons. The summed E-state index contributed by atoms with van der Waals surface area (Å²) in [4.78, 5) is 0. The highest BCUT2D eigenvalue weighted by atomic mass is 19.1. The van der Waals surface area contributed by atoms with Crippen molar-refractivity contribution in [1.29, 1.82) is 5.26 Å². The van der Waals surface area contributed by atoms with E-state index in [1.807, 2.05) is 12.1 Å². The second-order valence-corrected chi connectivity index (χ2v) is 3.07. The van der Waals surface area contributed by atoms with Crippen molar-refractivity contribution >= 4 is 0 Å². The molecule has 0 bridgehead atoms. The normalized spacial score (nSPS) is 11.8. The molecule has 0 aromatic heterocycles. The van der Waals surface area contributed by atoms with Gasteiger partial charge in [0.2, 0.25) is 0 Å². The molecule has 0 aliphatic carbocycles. The molecule has 0 heterocycles. The van der Waals surface area contributed by atoms with Gasteiger partial charge in [0.05, 0.1) is 12.5 Å². The average molecular weight is 193 g/mol. The zero-order chi connectivity index (χ0) is 10.4. The molecule has 0 amide bonds. The van der Waals surface area contributed by atoms with Gasteiger partial charge in [-0.05, 0) is 24.6 Å². The van der Waals surface area contributed by atoms with Crippen molar-refractivity contribution in [1.82, 2.24) is 0 Å². The average Bonchev–Trinajstić information content (AvgIpc) is 2.16. The van der Waals surface area contributed by atoms with Gasteiger partial charge in [-0.25, -0.2) is 4.39 Å². The molecule has 0 N–H and O–H groups in total. The Balaban J connectivity index is 2.60. The zero-order valence-electron chi connectivity index (χ0n) is 8.03. The van der Waals surface area contributed by atoms with E-state index in [9.17, 15) is 4.39 Å². The van der Waals surface area contributed by atoms with Crippen molar-refractivity contribution in [2.24, 2.45) is 0 Å². The lowest BCUT2D eigenvalue weighted by molar-refractivity contribution is 0.209. The van der Waals surface area contributed by atoms with Gasteiger partial charge in [-0.3, -0.25) is 0 Å². The molecule has 0 aliphatic rings. The lowest BCUT2D eigenvalue weighted by Gasteiger charge is -2.07. The van der Waals surface area contributed by atoms with Crippen LogP contribution in [0.5, 0.6) is 5.75 Å². The molecule has 1 atom stereocenters. The Hall–Kier alpha value is -1.56. The van der Waals surface area contributed by atoms with Crippen LogP contribution in [0.25, 0.3) is 0 Å². The number of nitriles is 1. The molecular weight excluding hydrogens is 181 g/mol. The molecular formula is C11H12FNO. The number of hydrogen-bond donors (Lipinski definition) is 0. The van der Waals surface area contributed by atoms with Crippen molar-refractivity contribution in [3.05, 3.63) is 29.8 Å². The van der Waals surface area contributed by atoms with Crippen LogP contribution in [0.15, 0.2) is 24.3 Å². The highest BCUT2D eigenvalue weighted by Gasteiger charge is 2.00. The minimum atomic E-state index is -0.977. The van der Waals surface area contributed by atoms with Gasteiger partial charge in [0.15, 0.2) is 0 Å². The quantitative estimate of drug-likeness (QED) is 0.736. The van der Waals surface area contributed by atoms with Crippen LogP contribution in [0, 0.1) is 11.3 Å². The van der Waals surface area contributed by atoms with E-state index < -0.39 is 6.17 Å². The zero-order valence-corrected chi connectivity index (χ0v) is 8.03. The standard InChI is InChI=1S/C11H12FNO/c1-9(12)8-14-11-4-2-3-10(7-11)5-6-13/h2-4,7,9H,5,8H2,1H3. The summed E-state index contributed by atoms with van der Waals surface area (Å²) in [7, 11) is 0. The van der Waals surface area contributed by atoms with Gasteiger partial charge in [-0.1, -0.05) is 12.1 Å². The number of benzene rings is 1. The first-order chi connectivity index (χ1) is 6.72. The van der Waals surface area contributed by atoms with Crippen molar-refractivity contribution in [2.45, 2.75) is 19.5 Å². The van der Waals surface area contributed by atoms with E-state index in [1.54, 1.807) is 18.2 Å². The maximum atomic E-state index is 12.5. The van der Waals surface area contributed by atoms with Crippen molar-refractivity contribution in [2.75, 3.05) is 6.61 Å². The van der Waals surface area contributed by atoms with Crippen LogP contribution in [-0.4, -0.2) is 12.8 Å². The fraction of sp³-hybridized carbons (Fsp3) is 0.364. The van der Waals surface area contributed by atoms with Gasteiger partial charge in [-0.2, -0.15) is 5.26 Å². The number of alkyl halides is 1. The summed E-state index contributed by atoms with van der Waals surface area (Å²) in [6.07, 6.45) is -0.628. The van der Waals surface area contributed by atoms with Gasteiger partial charge < -0.3 is 4.74 Å². The van der Waals surface area contributed by atoms with Crippen molar-refractivity contribution < 1.29 is 9.13 Å². The fourth-order valence-corrected chi connectivity index (χ4v) is 1.05. The van der Waals surface area contributed by atoms with Gasteiger partial charge >= 0.3 is 0 Å². The van der Waals surface area contributed by atoms with E-state index in [1.165, 1.54) is 6.92 Å². The van der Waals surface area contributed by atoms with Crippen LogP contribution < -0.4 is 4.74 Å². The van der Waals surface area contributed by atoms with E-state index in [0.29, 0.717) is 12.2 Å². The minimum absolute atomic E-state index is 0.0516. The summed E-state index contributed by atoms with van der Waals surface area (Å²) in [5.41, 5.74) is 0.886. The third-order valence-corrected chi connectivity index (χ3v) is 1.66. The second kappa shape index (κ2) is 5.23. The fourth-order valence-electron chi connectivity index (χ4n) is 1.05. The molecule has 14 heavy (non-hydrogen) atoms. The maximum Gasteiger partial charge on any atom is 0.131 e. The Morgan fingerprint density at radius 2 is 2.36 bits per heavy atom. The largest absolute Gasteiger partial charge is 0.491 e. The Labute approximate surface area is 82.9 Å². The SMILES string of the molecule is CC(F)COc1cccc(CC#N)c1. The van der Waals surface area contributed by atoms with E-state index in [2.05, 4.69) is 0 Å².